The molecule has 2 unspecified atom stereocenters. The quantitative estimate of drug-likeness (QED) is 0.889. The molecule has 106 valence electrons. The van der Waals surface area contributed by atoms with E-state index in [0.717, 1.165) is 23.4 Å². The minimum Gasteiger partial charge on any atom is -0.390 e. The SMILES string of the molecule is COC(C(O)Cc1ccccc1Cl)C1CCCCC1. The third kappa shape index (κ3) is 3.95. The van der Waals surface area contributed by atoms with Crippen molar-refractivity contribution in [3.63, 3.8) is 0 Å². The first-order chi connectivity index (χ1) is 9.22. The molecular weight excluding hydrogens is 260 g/mol. The number of aliphatic hydroxyl groups excluding tert-OH is 1. The van der Waals surface area contributed by atoms with E-state index in [9.17, 15) is 5.11 Å². The van der Waals surface area contributed by atoms with Crippen LogP contribution in [0.4, 0.5) is 0 Å². The standard InChI is InChI=1S/C16H23ClO2/c1-19-16(12-7-3-2-4-8-12)15(18)11-13-9-5-6-10-14(13)17/h5-6,9-10,12,15-16,18H,2-4,7-8,11H2,1H3. The second-order valence-electron chi connectivity index (χ2n) is 5.46. The van der Waals surface area contributed by atoms with Crippen molar-refractivity contribution >= 4 is 11.6 Å². The second-order valence-corrected chi connectivity index (χ2v) is 5.87. The van der Waals surface area contributed by atoms with Gasteiger partial charge in [0.05, 0.1) is 12.2 Å². The van der Waals surface area contributed by atoms with Crippen LogP contribution in [0, 0.1) is 5.92 Å². The Kier molecular flexibility index (Phi) is 5.68. The number of benzene rings is 1. The summed E-state index contributed by atoms with van der Waals surface area (Å²) in [5, 5.41) is 11.2. The van der Waals surface area contributed by atoms with Crippen LogP contribution < -0.4 is 0 Å². The molecule has 0 amide bonds. The van der Waals surface area contributed by atoms with Crippen molar-refractivity contribution in [2.24, 2.45) is 5.92 Å². The van der Waals surface area contributed by atoms with E-state index in [2.05, 4.69) is 0 Å². The molecule has 0 aromatic heterocycles. The average molecular weight is 283 g/mol. The summed E-state index contributed by atoms with van der Waals surface area (Å²) in [6, 6.07) is 7.70. The summed E-state index contributed by atoms with van der Waals surface area (Å²) >= 11 is 6.15. The Hall–Kier alpha value is -0.570. The van der Waals surface area contributed by atoms with Crippen molar-refractivity contribution < 1.29 is 9.84 Å². The number of halogens is 1. The molecule has 0 heterocycles. The van der Waals surface area contributed by atoms with Crippen LogP contribution in [0.15, 0.2) is 24.3 Å². The molecule has 0 spiro atoms. The third-order valence-corrected chi connectivity index (χ3v) is 4.52. The molecular formula is C16H23ClO2. The summed E-state index contributed by atoms with van der Waals surface area (Å²) < 4.78 is 5.57. The molecule has 1 aromatic carbocycles. The van der Waals surface area contributed by atoms with Crippen molar-refractivity contribution in [1.82, 2.24) is 0 Å². The third-order valence-electron chi connectivity index (χ3n) is 4.15. The molecule has 0 bridgehead atoms. The maximum atomic E-state index is 10.5. The zero-order chi connectivity index (χ0) is 13.7. The fraction of sp³-hybridized carbons (Fsp3) is 0.625. The van der Waals surface area contributed by atoms with Gasteiger partial charge in [-0.15, -0.1) is 0 Å². The zero-order valence-corrected chi connectivity index (χ0v) is 12.3. The van der Waals surface area contributed by atoms with Gasteiger partial charge in [0, 0.05) is 18.6 Å². The number of ether oxygens (including phenoxy) is 1. The highest BCUT2D eigenvalue weighted by molar-refractivity contribution is 6.31. The first-order valence-corrected chi connectivity index (χ1v) is 7.54. The Labute approximate surface area is 120 Å². The molecule has 1 fully saturated rings. The van der Waals surface area contributed by atoms with E-state index >= 15 is 0 Å². The Morgan fingerprint density at radius 2 is 1.95 bits per heavy atom. The maximum Gasteiger partial charge on any atom is 0.0861 e. The minimum absolute atomic E-state index is 0.0726. The predicted molar refractivity (Wildman–Crippen MR) is 78.5 cm³/mol. The van der Waals surface area contributed by atoms with Gasteiger partial charge in [-0.3, -0.25) is 0 Å². The molecule has 1 saturated carbocycles. The molecule has 1 aliphatic carbocycles. The van der Waals surface area contributed by atoms with Crippen molar-refractivity contribution in [2.75, 3.05) is 7.11 Å². The smallest absolute Gasteiger partial charge is 0.0861 e. The highest BCUT2D eigenvalue weighted by Crippen LogP contribution is 2.30. The van der Waals surface area contributed by atoms with Crippen LogP contribution in [0.3, 0.4) is 0 Å². The van der Waals surface area contributed by atoms with Crippen molar-refractivity contribution in [3.05, 3.63) is 34.9 Å². The summed E-state index contributed by atoms with van der Waals surface area (Å²) in [5.74, 6) is 0.483. The molecule has 2 nitrogen and oxygen atoms in total. The van der Waals surface area contributed by atoms with Crippen LogP contribution in [0.1, 0.15) is 37.7 Å². The second kappa shape index (κ2) is 7.28. The fourth-order valence-corrected chi connectivity index (χ4v) is 3.34. The largest absolute Gasteiger partial charge is 0.390 e. The summed E-state index contributed by atoms with van der Waals surface area (Å²) in [7, 11) is 1.70. The van der Waals surface area contributed by atoms with Gasteiger partial charge in [0.25, 0.3) is 0 Å². The van der Waals surface area contributed by atoms with Gasteiger partial charge < -0.3 is 9.84 Å². The number of rotatable bonds is 5. The lowest BCUT2D eigenvalue weighted by Gasteiger charge is -2.32. The number of aliphatic hydroxyl groups is 1. The molecule has 0 aliphatic heterocycles. The van der Waals surface area contributed by atoms with Gasteiger partial charge in [-0.25, -0.2) is 0 Å². The van der Waals surface area contributed by atoms with Gasteiger partial charge in [-0.2, -0.15) is 0 Å². The van der Waals surface area contributed by atoms with Crippen LogP contribution in [0.2, 0.25) is 5.02 Å². The van der Waals surface area contributed by atoms with Gasteiger partial charge in [-0.05, 0) is 30.4 Å². The Bertz CT molecular complexity index is 388. The zero-order valence-electron chi connectivity index (χ0n) is 11.5. The van der Waals surface area contributed by atoms with E-state index in [1.165, 1.54) is 19.3 Å². The van der Waals surface area contributed by atoms with Gasteiger partial charge in [0.15, 0.2) is 0 Å². The molecule has 0 saturated heterocycles. The van der Waals surface area contributed by atoms with Gasteiger partial charge >= 0.3 is 0 Å². The molecule has 0 radical (unpaired) electrons. The molecule has 1 N–H and O–H groups in total. The number of hydrogen-bond donors (Lipinski definition) is 1. The van der Waals surface area contributed by atoms with Crippen LogP contribution in [-0.4, -0.2) is 24.4 Å². The number of hydrogen-bond acceptors (Lipinski definition) is 2. The molecule has 2 rings (SSSR count). The van der Waals surface area contributed by atoms with Crippen molar-refractivity contribution in [1.29, 1.82) is 0 Å². The normalized spacial score (nSPS) is 20.2. The molecule has 2 atom stereocenters. The maximum absolute atomic E-state index is 10.5. The average Bonchev–Trinajstić information content (AvgIpc) is 2.43. The van der Waals surface area contributed by atoms with E-state index in [-0.39, 0.29) is 6.10 Å². The Morgan fingerprint density at radius 3 is 2.58 bits per heavy atom. The molecule has 19 heavy (non-hydrogen) atoms. The molecule has 1 aliphatic rings. The van der Waals surface area contributed by atoms with Crippen LogP contribution in [0.5, 0.6) is 0 Å². The van der Waals surface area contributed by atoms with Crippen molar-refractivity contribution in [2.45, 2.75) is 50.7 Å². The van der Waals surface area contributed by atoms with Crippen LogP contribution in [0.25, 0.3) is 0 Å². The lowest BCUT2D eigenvalue weighted by molar-refractivity contribution is -0.0535. The highest BCUT2D eigenvalue weighted by atomic mass is 35.5. The monoisotopic (exact) mass is 282 g/mol. The van der Waals surface area contributed by atoms with Crippen LogP contribution in [-0.2, 0) is 11.2 Å². The summed E-state index contributed by atoms with van der Waals surface area (Å²) in [5.41, 5.74) is 0.995. The fourth-order valence-electron chi connectivity index (χ4n) is 3.13. The predicted octanol–water partition coefficient (Wildman–Crippen LogP) is 3.84. The highest BCUT2D eigenvalue weighted by Gasteiger charge is 2.29. The first-order valence-electron chi connectivity index (χ1n) is 7.16. The summed E-state index contributed by atoms with van der Waals surface area (Å²) in [6.07, 6.45) is 6.16. The first kappa shape index (κ1) is 14.8. The van der Waals surface area contributed by atoms with Crippen LogP contribution >= 0.6 is 11.6 Å². The minimum atomic E-state index is -0.479. The van der Waals surface area contributed by atoms with E-state index in [1.54, 1.807) is 7.11 Å². The van der Waals surface area contributed by atoms with E-state index in [4.69, 9.17) is 16.3 Å². The van der Waals surface area contributed by atoms with Gasteiger partial charge in [0.1, 0.15) is 0 Å². The summed E-state index contributed by atoms with van der Waals surface area (Å²) in [6.45, 7) is 0. The van der Waals surface area contributed by atoms with Gasteiger partial charge in [-0.1, -0.05) is 49.1 Å². The Morgan fingerprint density at radius 1 is 1.26 bits per heavy atom. The molecule has 1 aromatic rings. The lowest BCUT2D eigenvalue weighted by atomic mass is 9.82. The topological polar surface area (TPSA) is 29.5 Å². The van der Waals surface area contributed by atoms with E-state index in [1.807, 2.05) is 24.3 Å². The Balaban J connectivity index is 2.00. The summed E-state index contributed by atoms with van der Waals surface area (Å²) in [4.78, 5) is 0. The molecule has 3 heteroatoms. The number of methoxy groups -OCH3 is 1. The van der Waals surface area contributed by atoms with Gasteiger partial charge in [0.2, 0.25) is 0 Å². The lowest BCUT2D eigenvalue weighted by Crippen LogP contribution is -2.37. The van der Waals surface area contributed by atoms with E-state index < -0.39 is 6.10 Å². The van der Waals surface area contributed by atoms with E-state index in [0.29, 0.717) is 12.3 Å². The van der Waals surface area contributed by atoms with Crippen molar-refractivity contribution in [3.8, 4) is 0 Å².